The van der Waals surface area contributed by atoms with Crippen LogP contribution in [0.5, 0.6) is 5.75 Å². The first kappa shape index (κ1) is 32.9. The van der Waals surface area contributed by atoms with Crippen LogP contribution in [0.15, 0.2) is 54.6 Å². The number of hydrogen-bond donors (Lipinski definition) is 0. The van der Waals surface area contributed by atoms with Gasteiger partial charge in [0.2, 0.25) is 11.8 Å². The van der Waals surface area contributed by atoms with Crippen molar-refractivity contribution < 1.29 is 31.9 Å². The third kappa shape index (κ3) is 7.50. The van der Waals surface area contributed by atoms with Crippen molar-refractivity contribution in [2.75, 3.05) is 44.7 Å². The molecule has 14 heteroatoms. The Morgan fingerprint density at radius 2 is 1.80 bits per heavy atom. The summed E-state index contributed by atoms with van der Waals surface area (Å²) in [6, 6.07) is 15.5. The van der Waals surface area contributed by atoms with E-state index in [1.807, 2.05) is 6.07 Å². The van der Waals surface area contributed by atoms with Gasteiger partial charge in [-0.1, -0.05) is 29.8 Å². The highest BCUT2D eigenvalue weighted by Gasteiger charge is 2.43. The van der Waals surface area contributed by atoms with Crippen LogP contribution < -0.4 is 9.64 Å². The van der Waals surface area contributed by atoms with E-state index < -0.39 is 42.2 Å². The average Bonchev–Trinajstić information content (AvgIpc) is 3.45. The van der Waals surface area contributed by atoms with Crippen molar-refractivity contribution >= 4 is 29.2 Å². The Balaban J connectivity index is 1.42. The van der Waals surface area contributed by atoms with Crippen LogP contribution >= 0.6 is 11.6 Å². The minimum absolute atomic E-state index is 0.00247. The second-order valence-electron chi connectivity index (χ2n) is 11.3. The van der Waals surface area contributed by atoms with E-state index >= 15 is 4.39 Å². The molecule has 2 aliphatic rings. The fraction of sp³-hybridized carbons (Fsp3) is 0.406. The molecule has 0 radical (unpaired) electrons. The Morgan fingerprint density at radius 3 is 2.43 bits per heavy atom. The molecule has 0 saturated carbocycles. The molecular weight excluding hydrogens is 628 g/mol. The Bertz CT molecular complexity index is 1600. The molecule has 2 fully saturated rings. The molecular formula is C32H31ClF4N6O3. The monoisotopic (exact) mass is 658 g/mol. The van der Waals surface area contributed by atoms with Gasteiger partial charge in [0.05, 0.1) is 19.1 Å². The number of ether oxygens (including phenoxy) is 1. The molecule has 5 rings (SSSR count). The van der Waals surface area contributed by atoms with Crippen LogP contribution in [-0.4, -0.2) is 77.8 Å². The molecule has 46 heavy (non-hydrogen) atoms. The number of benzene rings is 2. The first-order chi connectivity index (χ1) is 22.0. The summed E-state index contributed by atoms with van der Waals surface area (Å²) < 4.78 is 60.6. The van der Waals surface area contributed by atoms with Gasteiger partial charge in [-0.25, -0.2) is 4.39 Å². The van der Waals surface area contributed by atoms with Gasteiger partial charge in [-0.05, 0) is 54.3 Å². The molecule has 2 saturated heterocycles. The van der Waals surface area contributed by atoms with Crippen molar-refractivity contribution in [2.24, 2.45) is 5.92 Å². The lowest BCUT2D eigenvalue weighted by Crippen LogP contribution is -2.48. The number of nitriles is 1. The van der Waals surface area contributed by atoms with E-state index in [0.29, 0.717) is 47.1 Å². The molecule has 3 atom stereocenters. The zero-order chi connectivity index (χ0) is 33.0. The number of hydrogen-bond acceptors (Lipinski definition) is 7. The van der Waals surface area contributed by atoms with E-state index in [0.717, 1.165) is 0 Å². The van der Waals surface area contributed by atoms with Gasteiger partial charge in [-0.2, -0.15) is 18.4 Å². The summed E-state index contributed by atoms with van der Waals surface area (Å²) in [6.45, 7) is 0.568. The number of anilines is 1. The average molecular weight is 659 g/mol. The largest absolute Gasteiger partial charge is 0.497 e. The van der Waals surface area contributed by atoms with Crippen molar-refractivity contribution in [3.05, 3.63) is 82.3 Å². The van der Waals surface area contributed by atoms with E-state index in [9.17, 15) is 22.8 Å². The summed E-state index contributed by atoms with van der Waals surface area (Å²) in [5.41, 5.74) is 1.08. The Kier molecular flexibility index (Phi) is 9.96. The van der Waals surface area contributed by atoms with Gasteiger partial charge in [0.25, 0.3) is 0 Å². The van der Waals surface area contributed by atoms with Gasteiger partial charge >= 0.3 is 6.18 Å². The van der Waals surface area contributed by atoms with Gasteiger partial charge in [-0.3, -0.25) is 9.59 Å². The lowest BCUT2D eigenvalue weighted by Gasteiger charge is -2.38. The van der Waals surface area contributed by atoms with Crippen molar-refractivity contribution in [3.8, 4) is 11.8 Å². The van der Waals surface area contributed by atoms with Crippen molar-refractivity contribution in [1.82, 2.24) is 20.0 Å². The van der Waals surface area contributed by atoms with Crippen LogP contribution in [0, 0.1) is 23.1 Å². The quantitative estimate of drug-likeness (QED) is 0.322. The summed E-state index contributed by atoms with van der Waals surface area (Å²) in [4.78, 5) is 31.8. The second kappa shape index (κ2) is 13.9. The van der Waals surface area contributed by atoms with Gasteiger partial charge in [0.15, 0.2) is 11.5 Å². The molecule has 1 aromatic heterocycles. The number of methoxy groups -OCH3 is 1. The molecule has 0 spiro atoms. The Labute approximate surface area is 268 Å². The first-order valence-electron chi connectivity index (χ1n) is 14.7. The number of rotatable bonds is 6. The number of carbonyl (C=O) groups is 2. The molecule has 3 aromatic rings. The van der Waals surface area contributed by atoms with Crippen LogP contribution in [0.25, 0.3) is 0 Å². The van der Waals surface area contributed by atoms with Crippen molar-refractivity contribution in [3.63, 3.8) is 0 Å². The zero-order valence-corrected chi connectivity index (χ0v) is 25.6. The predicted molar refractivity (Wildman–Crippen MR) is 161 cm³/mol. The molecule has 2 aromatic carbocycles. The van der Waals surface area contributed by atoms with E-state index in [4.69, 9.17) is 21.6 Å². The normalized spacial score (nSPS) is 20.5. The number of amides is 2. The van der Waals surface area contributed by atoms with E-state index in [1.165, 1.54) is 24.1 Å². The highest BCUT2D eigenvalue weighted by molar-refractivity contribution is 6.30. The summed E-state index contributed by atoms with van der Waals surface area (Å²) in [6.07, 6.45) is -5.58. The number of nitrogens with zero attached hydrogens (tertiary/aromatic N) is 6. The maximum atomic E-state index is 15.4. The molecule has 2 aliphatic heterocycles. The SMILES string of the molecule is COc1ccc([C@@H]2CN(c3ccc(C#N)nn3)C[C@H]2C(=O)N2CCC[C@@H](c3ccc(Cl)cc3)N(C(=O)CC(F)(F)F)CC2)c(F)c1. The standard InChI is InChI=1S/C32H31ClF4N6O3/c1-46-23-9-10-24(27(34)15-23)25-18-42(29-11-8-22(17-38)39-40-29)19-26(25)31(45)41-12-2-3-28(20-4-6-21(33)7-5-20)43(14-13-41)30(44)16-32(35,36)37/h4-11,15,25-26,28H,2-3,12-14,16,18-19H2,1H3/t25-,26+,28-/m0/s1. The minimum Gasteiger partial charge on any atom is -0.497 e. The molecule has 242 valence electrons. The predicted octanol–water partition coefficient (Wildman–Crippen LogP) is 5.51. The number of carbonyl (C=O) groups excluding carboxylic acids is 2. The van der Waals surface area contributed by atoms with Crippen LogP contribution in [0.3, 0.4) is 0 Å². The zero-order valence-electron chi connectivity index (χ0n) is 24.9. The smallest absolute Gasteiger partial charge is 0.397 e. The Hall–Kier alpha value is -4.44. The lowest BCUT2D eigenvalue weighted by molar-refractivity contribution is -0.164. The maximum Gasteiger partial charge on any atom is 0.397 e. The fourth-order valence-electron chi connectivity index (χ4n) is 6.23. The molecule has 9 nitrogen and oxygen atoms in total. The van der Waals surface area contributed by atoms with E-state index in [-0.39, 0.29) is 37.8 Å². The number of aromatic nitrogens is 2. The molecule has 0 N–H and O–H groups in total. The van der Waals surface area contributed by atoms with E-state index in [1.54, 1.807) is 52.3 Å². The number of halogens is 5. The third-order valence-electron chi connectivity index (χ3n) is 8.46. The molecule has 0 unspecified atom stereocenters. The van der Waals surface area contributed by atoms with Crippen molar-refractivity contribution in [2.45, 2.75) is 37.4 Å². The lowest BCUT2D eigenvalue weighted by atomic mass is 9.87. The first-order valence-corrected chi connectivity index (χ1v) is 15.1. The van der Waals surface area contributed by atoms with E-state index in [2.05, 4.69) is 10.2 Å². The maximum absolute atomic E-state index is 15.4. The van der Waals surface area contributed by atoms with Gasteiger partial charge in [-0.15, -0.1) is 10.2 Å². The van der Waals surface area contributed by atoms with Crippen LogP contribution in [-0.2, 0) is 9.59 Å². The van der Waals surface area contributed by atoms with Crippen LogP contribution in [0.1, 0.15) is 48.0 Å². The summed E-state index contributed by atoms with van der Waals surface area (Å²) in [7, 11) is 1.42. The minimum atomic E-state index is -4.70. The van der Waals surface area contributed by atoms with Crippen LogP contribution in [0.4, 0.5) is 23.4 Å². The molecule has 0 bridgehead atoms. The summed E-state index contributed by atoms with van der Waals surface area (Å²) in [5.74, 6) is -2.55. The highest BCUT2D eigenvalue weighted by atomic mass is 35.5. The van der Waals surface area contributed by atoms with Gasteiger partial charge in [0.1, 0.15) is 24.1 Å². The van der Waals surface area contributed by atoms with Gasteiger partial charge in [0, 0.05) is 49.7 Å². The van der Waals surface area contributed by atoms with Gasteiger partial charge < -0.3 is 19.4 Å². The second-order valence-corrected chi connectivity index (χ2v) is 11.7. The Morgan fingerprint density at radius 1 is 1.04 bits per heavy atom. The molecule has 0 aliphatic carbocycles. The summed E-state index contributed by atoms with van der Waals surface area (Å²) >= 11 is 6.03. The number of alkyl halides is 3. The topological polar surface area (TPSA) is 103 Å². The highest BCUT2D eigenvalue weighted by Crippen LogP contribution is 2.39. The molecule has 2 amide bonds. The van der Waals surface area contributed by atoms with Crippen LogP contribution in [0.2, 0.25) is 5.02 Å². The summed E-state index contributed by atoms with van der Waals surface area (Å²) in [5, 5.41) is 17.6. The molecule has 3 heterocycles. The fourth-order valence-corrected chi connectivity index (χ4v) is 6.36. The van der Waals surface area contributed by atoms with Crippen molar-refractivity contribution in [1.29, 1.82) is 5.26 Å². The third-order valence-corrected chi connectivity index (χ3v) is 8.72.